The molecule has 1 amide bonds. The fraction of sp³-hybridized carbons (Fsp3) is 0.533. The van der Waals surface area contributed by atoms with Gasteiger partial charge >= 0.3 is 0 Å². The summed E-state index contributed by atoms with van der Waals surface area (Å²) in [4.78, 5) is 14.2. The molecule has 2 rings (SSSR count). The van der Waals surface area contributed by atoms with Crippen molar-refractivity contribution in [3.63, 3.8) is 0 Å². The third-order valence-corrected chi connectivity index (χ3v) is 3.44. The third kappa shape index (κ3) is 3.88. The second-order valence-electron chi connectivity index (χ2n) is 5.07. The standard InChI is InChI=1S/C15H22N2O2/c1-12(19-14-8-6-7-13(16)11-14)15(18)17-9-4-2-3-5-10-17/h6-8,11-12H,2-5,9-10,16H2,1H3. The predicted molar refractivity (Wildman–Crippen MR) is 76.0 cm³/mol. The molecule has 1 aromatic carbocycles. The van der Waals surface area contributed by atoms with Crippen molar-refractivity contribution in [2.75, 3.05) is 18.8 Å². The zero-order chi connectivity index (χ0) is 13.7. The molecule has 1 aliphatic rings. The molecule has 0 spiro atoms. The number of nitrogens with two attached hydrogens (primary N) is 1. The van der Waals surface area contributed by atoms with Gasteiger partial charge in [0.15, 0.2) is 6.10 Å². The Kier molecular flexibility index (Phi) is 4.66. The third-order valence-electron chi connectivity index (χ3n) is 3.44. The summed E-state index contributed by atoms with van der Waals surface area (Å²) in [6.07, 6.45) is 4.16. The Hall–Kier alpha value is -1.71. The van der Waals surface area contributed by atoms with E-state index in [1.54, 1.807) is 19.1 Å². The average molecular weight is 262 g/mol. The minimum atomic E-state index is -0.458. The number of carbonyl (C=O) groups is 1. The van der Waals surface area contributed by atoms with Gasteiger partial charge in [-0.05, 0) is 31.9 Å². The lowest BCUT2D eigenvalue weighted by molar-refractivity contribution is -0.137. The SMILES string of the molecule is CC(Oc1cccc(N)c1)C(=O)N1CCCCCC1. The summed E-state index contributed by atoms with van der Waals surface area (Å²) in [6, 6.07) is 7.19. The van der Waals surface area contributed by atoms with Gasteiger partial charge in [-0.25, -0.2) is 0 Å². The Balaban J connectivity index is 1.94. The van der Waals surface area contributed by atoms with Crippen LogP contribution in [0, 0.1) is 0 Å². The number of carbonyl (C=O) groups excluding carboxylic acids is 1. The highest BCUT2D eigenvalue weighted by atomic mass is 16.5. The lowest BCUT2D eigenvalue weighted by Crippen LogP contribution is -2.40. The topological polar surface area (TPSA) is 55.6 Å². The quantitative estimate of drug-likeness (QED) is 0.851. The van der Waals surface area contributed by atoms with Gasteiger partial charge in [-0.1, -0.05) is 18.9 Å². The van der Waals surface area contributed by atoms with E-state index in [0.29, 0.717) is 11.4 Å². The van der Waals surface area contributed by atoms with Gasteiger partial charge in [0, 0.05) is 24.8 Å². The van der Waals surface area contributed by atoms with E-state index in [-0.39, 0.29) is 5.91 Å². The lowest BCUT2D eigenvalue weighted by atomic mass is 10.2. The van der Waals surface area contributed by atoms with Crippen LogP contribution in [-0.4, -0.2) is 30.0 Å². The number of benzene rings is 1. The first-order valence-electron chi connectivity index (χ1n) is 6.98. The molecule has 1 saturated heterocycles. The molecule has 0 bridgehead atoms. The summed E-state index contributed by atoms with van der Waals surface area (Å²) in [7, 11) is 0. The van der Waals surface area contributed by atoms with Gasteiger partial charge in [0.2, 0.25) is 0 Å². The molecule has 1 aromatic rings. The average Bonchev–Trinajstić information content (AvgIpc) is 2.66. The van der Waals surface area contributed by atoms with Gasteiger partial charge in [0.05, 0.1) is 0 Å². The van der Waals surface area contributed by atoms with Gasteiger partial charge in [0.25, 0.3) is 5.91 Å². The Labute approximate surface area is 114 Å². The van der Waals surface area contributed by atoms with Crippen LogP contribution in [0.25, 0.3) is 0 Å². The molecular formula is C15H22N2O2. The molecule has 0 aliphatic carbocycles. The Bertz CT molecular complexity index is 426. The van der Waals surface area contributed by atoms with Crippen LogP contribution in [0.1, 0.15) is 32.6 Å². The number of nitrogen functional groups attached to an aromatic ring is 1. The molecule has 0 aromatic heterocycles. The van der Waals surface area contributed by atoms with Crippen LogP contribution in [0.2, 0.25) is 0 Å². The molecule has 4 heteroatoms. The highest BCUT2D eigenvalue weighted by Gasteiger charge is 2.22. The molecule has 104 valence electrons. The van der Waals surface area contributed by atoms with Crippen molar-refractivity contribution in [3.8, 4) is 5.75 Å². The van der Waals surface area contributed by atoms with Gasteiger partial charge in [-0.3, -0.25) is 4.79 Å². The Morgan fingerprint density at radius 2 is 1.95 bits per heavy atom. The number of hydrogen-bond donors (Lipinski definition) is 1. The van der Waals surface area contributed by atoms with Crippen molar-refractivity contribution in [1.29, 1.82) is 0 Å². The molecular weight excluding hydrogens is 240 g/mol. The predicted octanol–water partition coefficient (Wildman–Crippen LogP) is 2.44. The van der Waals surface area contributed by atoms with Crippen LogP contribution in [0.4, 0.5) is 5.69 Å². The maximum Gasteiger partial charge on any atom is 0.263 e. The van der Waals surface area contributed by atoms with E-state index in [2.05, 4.69) is 0 Å². The highest BCUT2D eigenvalue weighted by Crippen LogP contribution is 2.17. The van der Waals surface area contributed by atoms with E-state index >= 15 is 0 Å². The second kappa shape index (κ2) is 6.45. The Morgan fingerprint density at radius 3 is 2.58 bits per heavy atom. The largest absolute Gasteiger partial charge is 0.481 e. The number of rotatable bonds is 3. The molecule has 1 unspecified atom stereocenters. The van der Waals surface area contributed by atoms with Crippen molar-refractivity contribution in [3.05, 3.63) is 24.3 Å². The summed E-state index contributed by atoms with van der Waals surface area (Å²) in [5.41, 5.74) is 6.34. The zero-order valence-corrected chi connectivity index (χ0v) is 11.5. The minimum Gasteiger partial charge on any atom is -0.481 e. The molecule has 1 fully saturated rings. The summed E-state index contributed by atoms with van der Waals surface area (Å²) in [5.74, 6) is 0.722. The maximum atomic E-state index is 12.3. The van der Waals surface area contributed by atoms with Gasteiger partial charge < -0.3 is 15.4 Å². The molecule has 1 aliphatic heterocycles. The summed E-state index contributed by atoms with van der Waals surface area (Å²) < 4.78 is 5.68. The summed E-state index contributed by atoms with van der Waals surface area (Å²) in [5, 5.41) is 0. The van der Waals surface area contributed by atoms with Crippen molar-refractivity contribution < 1.29 is 9.53 Å². The van der Waals surface area contributed by atoms with Crippen molar-refractivity contribution in [1.82, 2.24) is 4.90 Å². The second-order valence-corrected chi connectivity index (χ2v) is 5.07. The van der Waals surface area contributed by atoms with Crippen LogP contribution < -0.4 is 10.5 Å². The number of anilines is 1. The van der Waals surface area contributed by atoms with E-state index < -0.39 is 6.10 Å². The summed E-state index contributed by atoms with van der Waals surface area (Å²) in [6.45, 7) is 3.50. The van der Waals surface area contributed by atoms with Crippen LogP contribution in [0.3, 0.4) is 0 Å². The first-order valence-corrected chi connectivity index (χ1v) is 6.98. The molecule has 1 atom stereocenters. The zero-order valence-electron chi connectivity index (χ0n) is 11.5. The first-order chi connectivity index (χ1) is 9.16. The van der Waals surface area contributed by atoms with Gasteiger partial charge in [-0.15, -0.1) is 0 Å². The van der Waals surface area contributed by atoms with E-state index in [4.69, 9.17) is 10.5 Å². The van der Waals surface area contributed by atoms with Gasteiger partial charge in [-0.2, -0.15) is 0 Å². The van der Waals surface area contributed by atoms with Gasteiger partial charge in [0.1, 0.15) is 5.75 Å². The van der Waals surface area contributed by atoms with Crippen molar-refractivity contribution in [2.45, 2.75) is 38.7 Å². The van der Waals surface area contributed by atoms with Crippen LogP contribution in [-0.2, 0) is 4.79 Å². The summed E-state index contributed by atoms with van der Waals surface area (Å²) >= 11 is 0. The number of amides is 1. The van der Waals surface area contributed by atoms with Crippen LogP contribution in [0.5, 0.6) is 5.75 Å². The van der Waals surface area contributed by atoms with E-state index in [1.165, 1.54) is 12.8 Å². The fourth-order valence-corrected chi connectivity index (χ4v) is 2.39. The van der Waals surface area contributed by atoms with E-state index in [9.17, 15) is 4.79 Å². The smallest absolute Gasteiger partial charge is 0.263 e. The molecule has 2 N–H and O–H groups in total. The molecule has 0 radical (unpaired) electrons. The van der Waals surface area contributed by atoms with Crippen LogP contribution >= 0.6 is 0 Å². The molecule has 0 saturated carbocycles. The minimum absolute atomic E-state index is 0.0734. The molecule has 4 nitrogen and oxygen atoms in total. The maximum absolute atomic E-state index is 12.3. The fourth-order valence-electron chi connectivity index (χ4n) is 2.39. The lowest BCUT2D eigenvalue weighted by Gasteiger charge is -2.24. The monoisotopic (exact) mass is 262 g/mol. The number of nitrogens with zero attached hydrogens (tertiary/aromatic N) is 1. The number of hydrogen-bond acceptors (Lipinski definition) is 3. The molecule has 1 heterocycles. The van der Waals surface area contributed by atoms with E-state index in [1.807, 2.05) is 17.0 Å². The number of ether oxygens (including phenoxy) is 1. The number of likely N-dealkylation sites (tertiary alicyclic amines) is 1. The van der Waals surface area contributed by atoms with Crippen LogP contribution in [0.15, 0.2) is 24.3 Å². The van der Waals surface area contributed by atoms with Crippen molar-refractivity contribution in [2.24, 2.45) is 0 Å². The normalized spacial score (nSPS) is 17.6. The van der Waals surface area contributed by atoms with Crippen molar-refractivity contribution >= 4 is 11.6 Å². The van der Waals surface area contributed by atoms with E-state index in [0.717, 1.165) is 25.9 Å². The first kappa shape index (κ1) is 13.7. The highest BCUT2D eigenvalue weighted by molar-refractivity contribution is 5.81. The molecule has 19 heavy (non-hydrogen) atoms. The Morgan fingerprint density at radius 1 is 1.26 bits per heavy atom.